The summed E-state index contributed by atoms with van der Waals surface area (Å²) in [6.45, 7) is 0. The summed E-state index contributed by atoms with van der Waals surface area (Å²) in [6, 6.07) is 16.3. The van der Waals surface area contributed by atoms with Gasteiger partial charge in [-0.15, -0.1) is 0 Å². The van der Waals surface area contributed by atoms with Crippen molar-refractivity contribution in [3.05, 3.63) is 93.7 Å². The van der Waals surface area contributed by atoms with Gasteiger partial charge in [-0.25, -0.2) is 4.39 Å². The summed E-state index contributed by atoms with van der Waals surface area (Å²) in [5.74, 6) is -1.29. The molecule has 2 N–H and O–H groups in total. The Morgan fingerprint density at radius 2 is 1.44 bits per heavy atom. The van der Waals surface area contributed by atoms with Crippen LogP contribution in [0.2, 0.25) is 10.0 Å². The summed E-state index contributed by atoms with van der Waals surface area (Å²) in [5.41, 5.74) is 1.37. The van der Waals surface area contributed by atoms with Crippen LogP contribution in [0.5, 0.6) is 0 Å². The minimum absolute atomic E-state index is 0.265. The molecule has 0 aliphatic rings. The molecule has 0 saturated carbocycles. The van der Waals surface area contributed by atoms with E-state index in [1.165, 1.54) is 42.5 Å². The van der Waals surface area contributed by atoms with Crippen LogP contribution in [0, 0.1) is 5.82 Å². The van der Waals surface area contributed by atoms with Gasteiger partial charge in [0.1, 0.15) is 5.82 Å². The predicted octanol–water partition coefficient (Wildman–Crippen LogP) is 5.64. The molecule has 4 nitrogen and oxygen atoms in total. The number of anilines is 2. The van der Waals surface area contributed by atoms with E-state index in [1.54, 1.807) is 24.3 Å². The Morgan fingerprint density at radius 1 is 0.778 bits per heavy atom. The van der Waals surface area contributed by atoms with Gasteiger partial charge in [0.2, 0.25) is 0 Å². The van der Waals surface area contributed by atoms with Crippen LogP contribution in [0.4, 0.5) is 15.8 Å². The minimum atomic E-state index is -0.468. The van der Waals surface area contributed by atoms with E-state index in [0.29, 0.717) is 16.3 Å². The third-order valence-corrected chi connectivity index (χ3v) is 4.23. The fraction of sp³-hybridized carbons (Fsp3) is 0. The number of carbonyl (C=O) groups is 2. The quantitative estimate of drug-likeness (QED) is 0.593. The van der Waals surface area contributed by atoms with Crippen LogP contribution in [0.25, 0.3) is 0 Å². The second-order valence-electron chi connectivity index (χ2n) is 5.62. The number of benzene rings is 3. The number of hydrogen-bond acceptors (Lipinski definition) is 2. The molecule has 3 aromatic rings. The third kappa shape index (κ3) is 4.84. The van der Waals surface area contributed by atoms with Gasteiger partial charge in [0.25, 0.3) is 11.8 Å². The molecule has 27 heavy (non-hydrogen) atoms. The number of halogens is 3. The van der Waals surface area contributed by atoms with Crippen LogP contribution in [-0.4, -0.2) is 11.8 Å². The normalized spacial score (nSPS) is 10.3. The van der Waals surface area contributed by atoms with Crippen molar-refractivity contribution in [2.24, 2.45) is 0 Å². The van der Waals surface area contributed by atoms with Crippen molar-refractivity contribution < 1.29 is 14.0 Å². The first-order valence-corrected chi connectivity index (χ1v) is 8.61. The van der Waals surface area contributed by atoms with E-state index < -0.39 is 11.7 Å². The van der Waals surface area contributed by atoms with E-state index in [4.69, 9.17) is 23.2 Å². The molecule has 0 radical (unpaired) electrons. The Balaban J connectivity index is 1.78. The molecule has 0 unspecified atom stereocenters. The number of hydrogen-bond donors (Lipinski definition) is 2. The van der Waals surface area contributed by atoms with Crippen molar-refractivity contribution >= 4 is 46.4 Å². The maximum Gasteiger partial charge on any atom is 0.255 e. The largest absolute Gasteiger partial charge is 0.322 e. The Bertz CT molecular complexity index is 1010. The number of carbonyl (C=O) groups excluding carboxylic acids is 2. The highest BCUT2D eigenvalue weighted by molar-refractivity contribution is 6.34. The molecule has 0 fully saturated rings. The fourth-order valence-corrected chi connectivity index (χ4v) is 2.68. The first-order chi connectivity index (χ1) is 12.9. The van der Waals surface area contributed by atoms with Crippen LogP contribution in [0.1, 0.15) is 20.7 Å². The van der Waals surface area contributed by atoms with Gasteiger partial charge < -0.3 is 10.6 Å². The second-order valence-corrected chi connectivity index (χ2v) is 6.46. The lowest BCUT2D eigenvalue weighted by atomic mass is 10.1. The molecule has 3 aromatic carbocycles. The van der Waals surface area contributed by atoms with Crippen molar-refractivity contribution in [2.45, 2.75) is 0 Å². The van der Waals surface area contributed by atoms with Crippen LogP contribution < -0.4 is 10.6 Å². The highest BCUT2D eigenvalue weighted by Crippen LogP contribution is 2.25. The van der Waals surface area contributed by atoms with Crippen LogP contribution in [-0.2, 0) is 0 Å². The van der Waals surface area contributed by atoms with E-state index in [2.05, 4.69) is 10.6 Å². The summed E-state index contributed by atoms with van der Waals surface area (Å²) >= 11 is 12.0. The van der Waals surface area contributed by atoms with Crippen molar-refractivity contribution in [1.82, 2.24) is 0 Å². The van der Waals surface area contributed by atoms with E-state index in [0.717, 1.165) is 0 Å². The van der Waals surface area contributed by atoms with Crippen LogP contribution in [0.15, 0.2) is 66.7 Å². The maximum absolute atomic E-state index is 13.0. The van der Waals surface area contributed by atoms with Gasteiger partial charge >= 0.3 is 0 Å². The van der Waals surface area contributed by atoms with E-state index in [9.17, 15) is 14.0 Å². The van der Waals surface area contributed by atoms with Gasteiger partial charge in [0, 0.05) is 21.8 Å². The molecule has 136 valence electrons. The molecule has 2 amide bonds. The Kier molecular flexibility index (Phi) is 5.74. The van der Waals surface area contributed by atoms with E-state index in [-0.39, 0.29) is 22.2 Å². The highest BCUT2D eigenvalue weighted by atomic mass is 35.5. The smallest absolute Gasteiger partial charge is 0.255 e. The molecular weight excluding hydrogens is 390 g/mol. The average Bonchev–Trinajstić information content (AvgIpc) is 2.64. The Labute approximate surface area is 164 Å². The molecule has 0 aliphatic heterocycles. The lowest BCUT2D eigenvalue weighted by Crippen LogP contribution is -2.15. The van der Waals surface area contributed by atoms with Gasteiger partial charge in [-0.3, -0.25) is 9.59 Å². The molecule has 0 saturated heterocycles. The lowest BCUT2D eigenvalue weighted by molar-refractivity contribution is 0.101. The lowest BCUT2D eigenvalue weighted by Gasteiger charge is -2.10. The van der Waals surface area contributed by atoms with Crippen molar-refractivity contribution in [1.29, 1.82) is 0 Å². The van der Waals surface area contributed by atoms with Gasteiger partial charge in [-0.2, -0.15) is 0 Å². The van der Waals surface area contributed by atoms with Crippen LogP contribution in [0.3, 0.4) is 0 Å². The van der Waals surface area contributed by atoms with Gasteiger partial charge in [-0.1, -0.05) is 29.3 Å². The fourth-order valence-electron chi connectivity index (χ4n) is 2.33. The standard InChI is InChI=1S/C20H13Cl2FN2O2/c21-14-2-1-3-16(11-14)24-20(27)13-6-9-17(22)18(10-13)25-19(26)12-4-7-15(23)8-5-12/h1-11H,(H,24,27)(H,25,26). The number of nitrogens with one attached hydrogen (secondary N) is 2. The molecule has 0 atom stereocenters. The molecule has 0 bridgehead atoms. The summed E-state index contributed by atoms with van der Waals surface area (Å²) in [7, 11) is 0. The van der Waals surface area contributed by atoms with Gasteiger partial charge in [0.15, 0.2) is 0 Å². The van der Waals surface area contributed by atoms with Gasteiger partial charge in [0.05, 0.1) is 10.7 Å². The summed E-state index contributed by atoms with van der Waals surface area (Å²) < 4.78 is 13.0. The zero-order valence-electron chi connectivity index (χ0n) is 13.8. The highest BCUT2D eigenvalue weighted by Gasteiger charge is 2.13. The molecule has 0 aromatic heterocycles. The van der Waals surface area contributed by atoms with Crippen molar-refractivity contribution in [3.63, 3.8) is 0 Å². The van der Waals surface area contributed by atoms with Crippen LogP contribution >= 0.6 is 23.2 Å². The zero-order chi connectivity index (χ0) is 19.4. The topological polar surface area (TPSA) is 58.2 Å². The first kappa shape index (κ1) is 18.9. The van der Waals surface area contributed by atoms with Gasteiger partial charge in [-0.05, 0) is 60.7 Å². The monoisotopic (exact) mass is 402 g/mol. The van der Waals surface area contributed by atoms with E-state index in [1.807, 2.05) is 0 Å². The Hall–Kier alpha value is -2.89. The number of amides is 2. The third-order valence-electron chi connectivity index (χ3n) is 3.67. The van der Waals surface area contributed by atoms with Crippen molar-refractivity contribution in [3.8, 4) is 0 Å². The second kappa shape index (κ2) is 8.20. The predicted molar refractivity (Wildman–Crippen MR) is 105 cm³/mol. The Morgan fingerprint density at radius 3 is 2.15 bits per heavy atom. The maximum atomic E-state index is 13.0. The SMILES string of the molecule is O=C(Nc1cccc(Cl)c1)c1ccc(Cl)c(NC(=O)c2ccc(F)cc2)c1. The molecule has 0 spiro atoms. The first-order valence-electron chi connectivity index (χ1n) is 7.86. The molecule has 0 heterocycles. The molecule has 7 heteroatoms. The summed E-state index contributed by atoms with van der Waals surface area (Å²) in [4.78, 5) is 24.7. The zero-order valence-corrected chi connectivity index (χ0v) is 15.3. The average molecular weight is 403 g/mol. The number of rotatable bonds is 4. The molecular formula is C20H13Cl2FN2O2. The van der Waals surface area contributed by atoms with E-state index >= 15 is 0 Å². The molecule has 0 aliphatic carbocycles. The minimum Gasteiger partial charge on any atom is -0.322 e. The molecule has 3 rings (SSSR count). The van der Waals surface area contributed by atoms with Crippen molar-refractivity contribution in [2.75, 3.05) is 10.6 Å². The summed E-state index contributed by atoms with van der Waals surface area (Å²) in [5, 5.41) is 6.10. The summed E-state index contributed by atoms with van der Waals surface area (Å²) in [6.07, 6.45) is 0.